The van der Waals surface area contributed by atoms with Gasteiger partial charge in [0.05, 0.1) is 4.90 Å². The van der Waals surface area contributed by atoms with Crippen molar-refractivity contribution in [2.45, 2.75) is 51.1 Å². The first-order valence-corrected chi connectivity index (χ1v) is 9.21. The predicted octanol–water partition coefficient (Wildman–Crippen LogP) is 2.83. The molecule has 0 saturated heterocycles. The SMILES string of the molecule is CCNCc1cc(Cl)cc(S(=O)(=O)NC2CC(C)C2)c1C. The van der Waals surface area contributed by atoms with Crippen molar-refractivity contribution in [2.75, 3.05) is 6.54 Å². The van der Waals surface area contributed by atoms with Crippen LogP contribution in [-0.4, -0.2) is 21.0 Å². The molecule has 0 atom stereocenters. The summed E-state index contributed by atoms with van der Waals surface area (Å²) >= 11 is 6.09. The van der Waals surface area contributed by atoms with Crippen molar-refractivity contribution >= 4 is 21.6 Å². The van der Waals surface area contributed by atoms with Gasteiger partial charge in [-0.25, -0.2) is 13.1 Å². The highest BCUT2D eigenvalue weighted by Gasteiger charge is 2.30. The molecule has 1 saturated carbocycles. The van der Waals surface area contributed by atoms with Crippen LogP contribution in [0, 0.1) is 12.8 Å². The van der Waals surface area contributed by atoms with Gasteiger partial charge >= 0.3 is 0 Å². The van der Waals surface area contributed by atoms with Crippen molar-refractivity contribution < 1.29 is 8.42 Å². The molecule has 0 aliphatic heterocycles. The fourth-order valence-corrected chi connectivity index (χ4v) is 4.59. The van der Waals surface area contributed by atoms with Crippen LogP contribution in [0.1, 0.15) is 37.8 Å². The lowest BCUT2D eigenvalue weighted by Crippen LogP contribution is -2.43. The van der Waals surface area contributed by atoms with Crippen LogP contribution in [0.3, 0.4) is 0 Å². The third-order valence-electron chi connectivity index (χ3n) is 3.98. The molecule has 0 amide bonds. The number of nitrogens with one attached hydrogen (secondary N) is 2. The van der Waals surface area contributed by atoms with E-state index in [-0.39, 0.29) is 6.04 Å². The van der Waals surface area contributed by atoms with E-state index in [4.69, 9.17) is 11.6 Å². The first-order valence-electron chi connectivity index (χ1n) is 7.35. The lowest BCUT2D eigenvalue weighted by atomic mass is 9.83. The molecule has 6 heteroatoms. The second kappa shape index (κ2) is 6.65. The van der Waals surface area contributed by atoms with Gasteiger partial charge in [-0.3, -0.25) is 0 Å². The third kappa shape index (κ3) is 3.97. The van der Waals surface area contributed by atoms with Crippen LogP contribution in [0.25, 0.3) is 0 Å². The summed E-state index contributed by atoms with van der Waals surface area (Å²) in [6.45, 7) is 7.42. The second-order valence-electron chi connectivity index (χ2n) is 5.86. The average Bonchev–Trinajstić information content (AvgIpc) is 2.37. The number of halogens is 1. The molecule has 0 spiro atoms. The fraction of sp³-hybridized carbons (Fsp3) is 0.600. The first kappa shape index (κ1) is 16.7. The largest absolute Gasteiger partial charge is 0.313 e. The minimum Gasteiger partial charge on any atom is -0.313 e. The molecule has 0 unspecified atom stereocenters. The number of benzene rings is 1. The third-order valence-corrected chi connectivity index (χ3v) is 5.85. The van der Waals surface area contributed by atoms with Gasteiger partial charge in [-0.1, -0.05) is 25.4 Å². The molecule has 4 nitrogen and oxygen atoms in total. The van der Waals surface area contributed by atoms with Gasteiger partial charge in [-0.05, 0) is 55.5 Å². The molecule has 2 N–H and O–H groups in total. The van der Waals surface area contributed by atoms with Crippen LogP contribution < -0.4 is 10.0 Å². The minimum atomic E-state index is -3.51. The maximum atomic E-state index is 12.6. The maximum Gasteiger partial charge on any atom is 0.241 e. The summed E-state index contributed by atoms with van der Waals surface area (Å²) in [5.74, 6) is 0.600. The van der Waals surface area contributed by atoms with Gasteiger partial charge in [0, 0.05) is 17.6 Å². The number of rotatable bonds is 6. The van der Waals surface area contributed by atoms with E-state index in [1.54, 1.807) is 0 Å². The van der Waals surface area contributed by atoms with Crippen molar-refractivity contribution in [1.82, 2.24) is 10.0 Å². The Morgan fingerprint density at radius 2 is 2.00 bits per heavy atom. The van der Waals surface area contributed by atoms with Crippen molar-refractivity contribution in [2.24, 2.45) is 5.92 Å². The molecule has 1 aliphatic carbocycles. The summed E-state index contributed by atoms with van der Waals surface area (Å²) < 4.78 is 27.9. The molecule has 21 heavy (non-hydrogen) atoms. The van der Waals surface area contributed by atoms with Crippen molar-refractivity contribution in [3.8, 4) is 0 Å². The van der Waals surface area contributed by atoms with Gasteiger partial charge in [-0.15, -0.1) is 0 Å². The van der Waals surface area contributed by atoms with Gasteiger partial charge in [0.15, 0.2) is 0 Å². The fourth-order valence-electron chi connectivity index (χ4n) is 2.71. The van der Waals surface area contributed by atoms with E-state index in [9.17, 15) is 8.42 Å². The van der Waals surface area contributed by atoms with Crippen molar-refractivity contribution in [3.63, 3.8) is 0 Å². The highest BCUT2D eigenvalue weighted by Crippen LogP contribution is 2.30. The average molecular weight is 331 g/mol. The van der Waals surface area contributed by atoms with Crippen LogP contribution in [0.15, 0.2) is 17.0 Å². The molecular formula is C15H23ClN2O2S. The summed E-state index contributed by atoms with van der Waals surface area (Å²) in [6.07, 6.45) is 1.81. The van der Waals surface area contributed by atoms with Gasteiger partial charge in [0.25, 0.3) is 0 Å². The molecule has 0 heterocycles. The highest BCUT2D eigenvalue weighted by molar-refractivity contribution is 7.89. The molecule has 1 aromatic rings. The Kier molecular flexibility index (Phi) is 5.30. The van der Waals surface area contributed by atoms with Gasteiger partial charge in [0.2, 0.25) is 10.0 Å². The highest BCUT2D eigenvalue weighted by atomic mass is 35.5. The minimum absolute atomic E-state index is 0.0561. The molecule has 2 rings (SSSR count). The summed E-state index contributed by atoms with van der Waals surface area (Å²) in [4.78, 5) is 0.294. The lowest BCUT2D eigenvalue weighted by molar-refractivity contribution is 0.270. The zero-order valence-electron chi connectivity index (χ0n) is 12.7. The van der Waals surface area contributed by atoms with Crippen LogP contribution in [-0.2, 0) is 16.6 Å². The molecule has 0 radical (unpaired) electrons. The Morgan fingerprint density at radius 1 is 1.33 bits per heavy atom. The Balaban J connectivity index is 2.27. The smallest absolute Gasteiger partial charge is 0.241 e. The van der Waals surface area contributed by atoms with E-state index in [0.717, 1.165) is 30.5 Å². The molecule has 0 bridgehead atoms. The molecule has 1 aliphatic rings. The van der Waals surface area contributed by atoms with E-state index in [2.05, 4.69) is 17.0 Å². The monoisotopic (exact) mass is 330 g/mol. The zero-order chi connectivity index (χ0) is 15.6. The number of sulfonamides is 1. The summed E-state index contributed by atoms with van der Waals surface area (Å²) in [5, 5.41) is 3.66. The van der Waals surface area contributed by atoms with Crippen LogP contribution in [0.5, 0.6) is 0 Å². The normalized spacial score (nSPS) is 22.1. The van der Waals surface area contributed by atoms with Crippen molar-refractivity contribution in [1.29, 1.82) is 0 Å². The lowest BCUT2D eigenvalue weighted by Gasteiger charge is -2.33. The summed E-state index contributed by atoms with van der Waals surface area (Å²) in [5.41, 5.74) is 1.69. The van der Waals surface area contributed by atoms with E-state index in [1.807, 2.05) is 19.9 Å². The van der Waals surface area contributed by atoms with E-state index in [0.29, 0.717) is 22.4 Å². The van der Waals surface area contributed by atoms with Gasteiger partial charge in [0.1, 0.15) is 0 Å². The van der Waals surface area contributed by atoms with Crippen LogP contribution in [0.2, 0.25) is 5.02 Å². The molecule has 0 aromatic heterocycles. The van der Waals surface area contributed by atoms with E-state index < -0.39 is 10.0 Å². The van der Waals surface area contributed by atoms with Gasteiger partial charge in [-0.2, -0.15) is 0 Å². The van der Waals surface area contributed by atoms with Crippen LogP contribution >= 0.6 is 11.6 Å². The summed E-state index contributed by atoms with van der Waals surface area (Å²) in [6, 6.07) is 3.42. The second-order valence-corrected chi connectivity index (χ2v) is 7.98. The van der Waals surface area contributed by atoms with E-state index in [1.165, 1.54) is 6.07 Å². The zero-order valence-corrected chi connectivity index (χ0v) is 14.3. The quantitative estimate of drug-likeness (QED) is 0.843. The first-order chi connectivity index (χ1) is 9.83. The Labute approximate surface area is 132 Å². The number of hydrogen-bond acceptors (Lipinski definition) is 3. The van der Waals surface area contributed by atoms with Gasteiger partial charge < -0.3 is 5.32 Å². The van der Waals surface area contributed by atoms with Crippen LogP contribution in [0.4, 0.5) is 0 Å². The number of hydrogen-bond donors (Lipinski definition) is 2. The Bertz CT molecular complexity index is 610. The molecule has 1 fully saturated rings. The van der Waals surface area contributed by atoms with E-state index >= 15 is 0 Å². The Hall–Kier alpha value is -0.620. The topological polar surface area (TPSA) is 58.2 Å². The molecule has 1 aromatic carbocycles. The molecular weight excluding hydrogens is 308 g/mol. The predicted molar refractivity (Wildman–Crippen MR) is 86.1 cm³/mol. The summed E-state index contributed by atoms with van der Waals surface area (Å²) in [7, 11) is -3.51. The maximum absolute atomic E-state index is 12.6. The van der Waals surface area contributed by atoms with Crippen molar-refractivity contribution in [3.05, 3.63) is 28.3 Å². The standard InChI is InChI=1S/C15H23ClN2O2S/c1-4-17-9-12-7-13(16)8-15(11(12)3)21(19,20)18-14-5-10(2)6-14/h7-8,10,14,17-18H,4-6,9H2,1-3H3. The Morgan fingerprint density at radius 3 is 2.57 bits per heavy atom. The molecule has 118 valence electrons.